The number of nitro groups is 1. The molecule has 1 fully saturated rings. The highest BCUT2D eigenvalue weighted by atomic mass is 16.6. The van der Waals surface area contributed by atoms with Crippen molar-refractivity contribution in [3.63, 3.8) is 0 Å². The smallest absolute Gasteiger partial charge is 0.310 e. The number of rotatable bonds is 7. The molecular weight excluding hydrogens is 256 g/mol. The van der Waals surface area contributed by atoms with Crippen LogP contribution in [0.4, 0.5) is 5.69 Å². The summed E-state index contributed by atoms with van der Waals surface area (Å²) in [5, 5.41) is 14.4. The van der Waals surface area contributed by atoms with Gasteiger partial charge in [0.1, 0.15) is 6.61 Å². The predicted molar refractivity (Wildman–Crippen MR) is 77.9 cm³/mol. The molecule has 0 radical (unpaired) electrons. The van der Waals surface area contributed by atoms with Gasteiger partial charge in [-0.05, 0) is 44.4 Å². The van der Waals surface area contributed by atoms with Gasteiger partial charge in [-0.3, -0.25) is 10.1 Å². The van der Waals surface area contributed by atoms with Crippen LogP contribution < -0.4 is 10.1 Å². The van der Waals surface area contributed by atoms with E-state index in [2.05, 4.69) is 5.32 Å². The first-order valence-corrected chi connectivity index (χ1v) is 6.83. The minimum Gasteiger partial charge on any atom is -0.483 e. The highest BCUT2D eigenvalue weighted by molar-refractivity contribution is 5.48. The van der Waals surface area contributed by atoms with Crippen LogP contribution in [0.5, 0.6) is 5.75 Å². The van der Waals surface area contributed by atoms with E-state index in [-0.39, 0.29) is 5.69 Å². The average Bonchev–Trinajstić information content (AvgIpc) is 3.19. The highest BCUT2D eigenvalue weighted by Gasteiger charge is 2.21. The molecule has 0 heterocycles. The first kappa shape index (κ1) is 14.5. The van der Waals surface area contributed by atoms with Crippen molar-refractivity contribution in [1.82, 2.24) is 5.32 Å². The summed E-state index contributed by atoms with van der Waals surface area (Å²) in [5.41, 5.74) is 2.15. The second-order valence-corrected chi connectivity index (χ2v) is 5.31. The van der Waals surface area contributed by atoms with Crippen molar-refractivity contribution >= 4 is 5.69 Å². The Balaban J connectivity index is 2.08. The molecule has 2 rings (SSSR count). The van der Waals surface area contributed by atoms with Gasteiger partial charge in [-0.1, -0.05) is 11.6 Å². The Kier molecular flexibility index (Phi) is 4.74. The van der Waals surface area contributed by atoms with Gasteiger partial charge in [0.05, 0.1) is 4.92 Å². The van der Waals surface area contributed by atoms with Crippen LogP contribution in [0.1, 0.15) is 32.3 Å². The zero-order valence-corrected chi connectivity index (χ0v) is 11.9. The second-order valence-electron chi connectivity index (χ2n) is 5.31. The van der Waals surface area contributed by atoms with Gasteiger partial charge in [0.15, 0.2) is 5.75 Å². The number of benzene rings is 1. The monoisotopic (exact) mass is 276 g/mol. The lowest BCUT2D eigenvalue weighted by molar-refractivity contribution is -0.385. The highest BCUT2D eigenvalue weighted by Crippen LogP contribution is 2.28. The van der Waals surface area contributed by atoms with E-state index in [9.17, 15) is 10.1 Å². The quantitative estimate of drug-likeness (QED) is 0.472. The maximum absolute atomic E-state index is 11.0. The summed E-state index contributed by atoms with van der Waals surface area (Å²) in [5.74, 6) is 0.336. The van der Waals surface area contributed by atoms with Crippen LogP contribution in [-0.4, -0.2) is 17.6 Å². The van der Waals surface area contributed by atoms with Crippen LogP contribution in [-0.2, 0) is 6.54 Å². The van der Waals surface area contributed by atoms with Gasteiger partial charge in [-0.15, -0.1) is 0 Å². The van der Waals surface area contributed by atoms with Gasteiger partial charge >= 0.3 is 5.69 Å². The van der Waals surface area contributed by atoms with Gasteiger partial charge in [0.2, 0.25) is 0 Å². The SMILES string of the molecule is CC(C)=CCOc1cc(CNC2CC2)ccc1[N+](=O)[O-]. The molecule has 1 saturated carbocycles. The molecule has 5 nitrogen and oxygen atoms in total. The third-order valence-corrected chi connectivity index (χ3v) is 3.12. The van der Waals surface area contributed by atoms with Crippen molar-refractivity contribution in [3.8, 4) is 5.75 Å². The summed E-state index contributed by atoms with van der Waals surface area (Å²) >= 11 is 0. The number of allylic oxidation sites excluding steroid dienone is 1. The lowest BCUT2D eigenvalue weighted by atomic mass is 10.2. The van der Waals surface area contributed by atoms with E-state index < -0.39 is 4.92 Å². The normalized spacial score (nSPS) is 13.9. The van der Waals surface area contributed by atoms with Crippen LogP contribution in [0.15, 0.2) is 29.8 Å². The second kappa shape index (κ2) is 6.52. The van der Waals surface area contributed by atoms with Crippen LogP contribution in [0, 0.1) is 10.1 Å². The standard InChI is InChI=1S/C15H20N2O3/c1-11(2)7-8-20-15-9-12(10-16-13-4-5-13)3-6-14(15)17(18)19/h3,6-7,9,13,16H,4-5,8,10H2,1-2H3. The number of nitrogens with one attached hydrogen (secondary N) is 1. The molecule has 0 atom stereocenters. The Bertz CT molecular complexity index is 518. The molecule has 0 aromatic heterocycles. The Morgan fingerprint density at radius 3 is 2.85 bits per heavy atom. The Hall–Kier alpha value is -1.88. The fourth-order valence-electron chi connectivity index (χ4n) is 1.78. The number of hydrogen-bond acceptors (Lipinski definition) is 4. The van der Waals surface area contributed by atoms with Crippen LogP contribution in [0.2, 0.25) is 0 Å². The van der Waals surface area contributed by atoms with E-state index in [0.29, 0.717) is 18.4 Å². The van der Waals surface area contributed by atoms with Crippen LogP contribution in [0.25, 0.3) is 0 Å². The molecule has 0 bridgehead atoms. The third kappa shape index (κ3) is 4.35. The molecule has 1 aliphatic carbocycles. The third-order valence-electron chi connectivity index (χ3n) is 3.12. The largest absolute Gasteiger partial charge is 0.483 e. The Labute approximate surface area is 118 Å². The van der Waals surface area contributed by atoms with Crippen molar-refractivity contribution in [2.45, 2.75) is 39.3 Å². The molecule has 0 spiro atoms. The maximum Gasteiger partial charge on any atom is 0.310 e. The summed E-state index contributed by atoms with van der Waals surface area (Å²) in [6.45, 7) is 5.01. The summed E-state index contributed by atoms with van der Waals surface area (Å²) in [7, 11) is 0. The molecule has 0 aliphatic heterocycles. The average molecular weight is 276 g/mol. The molecule has 1 aromatic rings. The molecule has 1 aromatic carbocycles. The van der Waals surface area contributed by atoms with Crippen LogP contribution >= 0.6 is 0 Å². The van der Waals surface area contributed by atoms with E-state index >= 15 is 0 Å². The van der Waals surface area contributed by atoms with Gasteiger partial charge in [-0.2, -0.15) is 0 Å². The molecule has 5 heteroatoms. The Morgan fingerprint density at radius 2 is 2.25 bits per heavy atom. The summed E-state index contributed by atoms with van der Waals surface area (Å²) in [4.78, 5) is 10.6. The molecule has 0 saturated heterocycles. The van der Waals surface area contributed by atoms with Crippen molar-refractivity contribution in [1.29, 1.82) is 0 Å². The molecule has 1 N–H and O–H groups in total. The number of nitrogens with zero attached hydrogens (tertiary/aromatic N) is 1. The Morgan fingerprint density at radius 1 is 1.50 bits per heavy atom. The predicted octanol–water partition coefficient (Wildman–Crippen LogP) is 3.19. The zero-order valence-electron chi connectivity index (χ0n) is 11.9. The van der Waals surface area contributed by atoms with E-state index in [1.807, 2.05) is 19.9 Å². The molecule has 1 aliphatic rings. The van der Waals surface area contributed by atoms with E-state index in [1.54, 1.807) is 12.1 Å². The van der Waals surface area contributed by atoms with Gasteiger partial charge in [-0.25, -0.2) is 0 Å². The van der Waals surface area contributed by atoms with Gasteiger partial charge in [0.25, 0.3) is 0 Å². The maximum atomic E-state index is 11.0. The topological polar surface area (TPSA) is 64.4 Å². The molecular formula is C15H20N2O3. The molecule has 0 unspecified atom stereocenters. The first-order chi connectivity index (χ1) is 9.56. The van der Waals surface area contributed by atoms with E-state index in [4.69, 9.17) is 4.74 Å². The lowest BCUT2D eigenvalue weighted by Gasteiger charge is -2.08. The molecule has 0 amide bonds. The minimum absolute atomic E-state index is 0.0160. The minimum atomic E-state index is -0.407. The fourth-order valence-corrected chi connectivity index (χ4v) is 1.78. The van der Waals surface area contributed by atoms with Gasteiger partial charge < -0.3 is 10.1 Å². The zero-order chi connectivity index (χ0) is 14.5. The van der Waals surface area contributed by atoms with E-state index in [0.717, 1.165) is 17.7 Å². The van der Waals surface area contributed by atoms with Crippen molar-refractivity contribution in [3.05, 3.63) is 45.5 Å². The first-order valence-electron chi connectivity index (χ1n) is 6.83. The molecule has 20 heavy (non-hydrogen) atoms. The van der Waals surface area contributed by atoms with Crippen molar-refractivity contribution in [2.75, 3.05) is 6.61 Å². The molecule has 108 valence electrons. The number of ether oxygens (including phenoxy) is 1. The summed E-state index contributed by atoms with van der Waals surface area (Å²) in [6.07, 6.45) is 4.34. The number of hydrogen-bond donors (Lipinski definition) is 1. The summed E-state index contributed by atoms with van der Waals surface area (Å²) < 4.78 is 5.53. The summed E-state index contributed by atoms with van der Waals surface area (Å²) in [6, 6.07) is 5.66. The van der Waals surface area contributed by atoms with Crippen molar-refractivity contribution < 1.29 is 9.66 Å². The lowest BCUT2D eigenvalue weighted by Crippen LogP contribution is -2.15. The van der Waals surface area contributed by atoms with E-state index in [1.165, 1.54) is 18.9 Å². The fraction of sp³-hybridized carbons (Fsp3) is 0.467. The van der Waals surface area contributed by atoms with Gasteiger partial charge in [0, 0.05) is 18.7 Å². The van der Waals surface area contributed by atoms with Crippen molar-refractivity contribution in [2.24, 2.45) is 0 Å². The number of nitro benzene ring substituents is 1. The van der Waals surface area contributed by atoms with Crippen LogP contribution in [0.3, 0.4) is 0 Å².